The molecule has 3 rings (SSSR count). The van der Waals surface area contributed by atoms with Gasteiger partial charge in [-0.15, -0.1) is 0 Å². The minimum atomic E-state index is -4.87. The summed E-state index contributed by atoms with van der Waals surface area (Å²) in [4.78, 5) is 6.77. The molecule has 218 valence electrons. The van der Waals surface area contributed by atoms with Crippen LogP contribution < -0.4 is 0 Å². The van der Waals surface area contributed by atoms with Crippen LogP contribution in [-0.2, 0) is 18.9 Å². The molecule has 0 bridgehead atoms. The van der Waals surface area contributed by atoms with E-state index in [1.807, 2.05) is 48.5 Å². The minimum Gasteiger partial charge on any atom is -0.441 e. The van der Waals surface area contributed by atoms with Crippen LogP contribution in [0.15, 0.2) is 40.4 Å². The number of hydrogen-bond acceptors (Lipinski definition) is 6. The molecule has 0 aromatic heterocycles. The molecule has 0 N–H and O–H groups in total. The summed E-state index contributed by atoms with van der Waals surface area (Å²) in [5.74, 6) is -1.63. The Balaban J connectivity index is 2.00. The number of hydrogen-bond donors (Lipinski definition) is 0. The maximum Gasteiger partial charge on any atom is 0.468 e. The van der Waals surface area contributed by atoms with Gasteiger partial charge in [0.05, 0.1) is 23.9 Å². The average molecular weight is 555 g/mol. The Morgan fingerprint density at radius 1 is 1.00 bits per heavy atom. The molecule has 0 amide bonds. The minimum absolute atomic E-state index is 0.0509. The molecule has 1 aromatic rings. The lowest BCUT2D eigenvalue weighted by atomic mass is 9.78. The monoisotopic (exact) mass is 554 g/mol. The van der Waals surface area contributed by atoms with Crippen molar-refractivity contribution < 1.29 is 32.1 Å². The van der Waals surface area contributed by atoms with Crippen LogP contribution in [0.25, 0.3) is 10.4 Å². The van der Waals surface area contributed by atoms with E-state index in [1.165, 1.54) is 12.1 Å². The number of rotatable bonds is 8. The number of para-hydroxylation sites is 1. The fourth-order valence-corrected chi connectivity index (χ4v) is 5.49. The van der Waals surface area contributed by atoms with Crippen LogP contribution in [0.4, 0.5) is 18.9 Å². The predicted octanol–water partition coefficient (Wildman–Crippen LogP) is 7.81. The van der Waals surface area contributed by atoms with Gasteiger partial charge in [-0.2, -0.15) is 13.2 Å². The van der Waals surface area contributed by atoms with E-state index in [2.05, 4.69) is 15.0 Å². The zero-order valence-corrected chi connectivity index (χ0v) is 23.7. The molecule has 2 fully saturated rings. The quantitative estimate of drug-likeness (QED) is 0.108. The third-order valence-corrected chi connectivity index (χ3v) is 8.51. The SMILES string of the molecule is CCC1O[C@H](O[C@H]2C(OC(=Nc3ccccc3)C(F)(F)F)OC([C@@H](C)CC)[C@@H](C)[C@@H]2C)C(N=[N+]=[N-])C(C)[C@@H]1C. The van der Waals surface area contributed by atoms with Gasteiger partial charge in [0, 0.05) is 4.91 Å². The van der Waals surface area contributed by atoms with E-state index in [-0.39, 0.29) is 47.5 Å². The lowest BCUT2D eigenvalue weighted by molar-refractivity contribution is -0.323. The van der Waals surface area contributed by atoms with Crippen molar-refractivity contribution in [2.45, 2.75) is 104 Å². The summed E-state index contributed by atoms with van der Waals surface area (Å²) in [5, 5.41) is 3.96. The molecule has 0 aliphatic carbocycles. The molecule has 11 atom stereocenters. The Morgan fingerprint density at radius 2 is 1.67 bits per heavy atom. The number of azide groups is 1. The van der Waals surface area contributed by atoms with Crippen LogP contribution in [-0.4, -0.2) is 49.0 Å². The molecule has 2 aliphatic heterocycles. The Labute approximate surface area is 228 Å². The number of halogens is 3. The van der Waals surface area contributed by atoms with Gasteiger partial charge in [-0.1, -0.05) is 78.2 Å². The van der Waals surface area contributed by atoms with Crippen LogP contribution in [0.5, 0.6) is 0 Å². The third kappa shape index (κ3) is 7.25. The van der Waals surface area contributed by atoms with Crippen LogP contribution in [0.3, 0.4) is 0 Å². The molecule has 8 nitrogen and oxygen atoms in total. The molecule has 1 aromatic carbocycles. The van der Waals surface area contributed by atoms with E-state index in [1.54, 1.807) is 18.2 Å². The fourth-order valence-electron chi connectivity index (χ4n) is 5.49. The van der Waals surface area contributed by atoms with E-state index >= 15 is 0 Å². The number of alkyl halides is 3. The normalized spacial score (nSPS) is 36.6. The molecule has 0 radical (unpaired) electrons. The van der Waals surface area contributed by atoms with Gasteiger partial charge in [0.25, 0.3) is 5.90 Å². The Bertz CT molecular complexity index is 1000. The van der Waals surface area contributed by atoms with Crippen LogP contribution in [0.2, 0.25) is 0 Å². The van der Waals surface area contributed by atoms with Crippen LogP contribution >= 0.6 is 0 Å². The maximum absolute atomic E-state index is 14.2. The highest BCUT2D eigenvalue weighted by Gasteiger charge is 2.51. The van der Waals surface area contributed by atoms with Crippen molar-refractivity contribution >= 4 is 11.6 Å². The van der Waals surface area contributed by atoms with Crippen molar-refractivity contribution in [3.8, 4) is 0 Å². The van der Waals surface area contributed by atoms with Crippen molar-refractivity contribution in [3.63, 3.8) is 0 Å². The van der Waals surface area contributed by atoms with E-state index in [9.17, 15) is 18.7 Å². The Morgan fingerprint density at radius 3 is 2.23 bits per heavy atom. The number of nitrogens with zero attached hydrogens (tertiary/aromatic N) is 4. The summed E-state index contributed by atoms with van der Waals surface area (Å²) in [6, 6.07) is 7.15. The summed E-state index contributed by atoms with van der Waals surface area (Å²) in [6.07, 6.45) is -7.22. The summed E-state index contributed by atoms with van der Waals surface area (Å²) in [6.45, 7) is 13.9. The van der Waals surface area contributed by atoms with Crippen molar-refractivity contribution in [1.29, 1.82) is 0 Å². The number of ether oxygens (including phenoxy) is 4. The van der Waals surface area contributed by atoms with Gasteiger partial charge >= 0.3 is 6.18 Å². The molecule has 0 spiro atoms. The van der Waals surface area contributed by atoms with Crippen molar-refractivity contribution in [1.82, 2.24) is 0 Å². The first kappa shape index (κ1) is 31.2. The standard InChI is InChI=1S/C28H41F3N4O4/c1-8-15(3)23-18(6)19(7)24(38-25-22(34-35-32)17(5)16(4)21(9-2)36-25)26(37-23)39-27(28(29,30)31)33-20-13-11-10-12-14-20/h10-19,21-26H,8-9H2,1-7H3/t15-,16-,17?,18-,19-,21?,22?,23?,24+,25+,26?/m0/s1. The zero-order valence-electron chi connectivity index (χ0n) is 23.7. The molecule has 2 aliphatic rings. The van der Waals surface area contributed by atoms with Crippen molar-refractivity contribution in [2.75, 3.05) is 0 Å². The molecule has 11 heteroatoms. The van der Waals surface area contributed by atoms with Gasteiger partial charge in [-0.25, -0.2) is 4.99 Å². The molecular weight excluding hydrogens is 513 g/mol. The highest BCUT2D eigenvalue weighted by atomic mass is 19.4. The fraction of sp³-hybridized carbons (Fsp3) is 0.750. The smallest absolute Gasteiger partial charge is 0.441 e. The predicted molar refractivity (Wildman–Crippen MR) is 142 cm³/mol. The first-order valence-corrected chi connectivity index (χ1v) is 13.8. The highest BCUT2D eigenvalue weighted by Crippen LogP contribution is 2.41. The van der Waals surface area contributed by atoms with E-state index in [0.717, 1.165) is 6.42 Å². The molecule has 2 saturated heterocycles. The topological polar surface area (TPSA) is 98.0 Å². The first-order chi connectivity index (χ1) is 18.4. The molecule has 0 saturated carbocycles. The second kappa shape index (κ2) is 13.4. The van der Waals surface area contributed by atoms with E-state index < -0.39 is 36.8 Å². The second-order valence-corrected chi connectivity index (χ2v) is 10.9. The van der Waals surface area contributed by atoms with Gasteiger partial charge in [0.1, 0.15) is 6.10 Å². The maximum atomic E-state index is 14.2. The highest BCUT2D eigenvalue weighted by molar-refractivity contribution is 5.84. The molecular formula is C28H41F3N4O4. The van der Waals surface area contributed by atoms with E-state index in [0.29, 0.717) is 6.42 Å². The summed E-state index contributed by atoms with van der Waals surface area (Å²) < 4.78 is 67.0. The molecule has 5 unspecified atom stereocenters. The first-order valence-electron chi connectivity index (χ1n) is 13.8. The largest absolute Gasteiger partial charge is 0.468 e. The summed E-state index contributed by atoms with van der Waals surface area (Å²) in [7, 11) is 0. The van der Waals surface area contributed by atoms with Gasteiger partial charge < -0.3 is 18.9 Å². The Kier molecular flexibility index (Phi) is 10.7. The average Bonchev–Trinajstić information content (AvgIpc) is 2.91. The van der Waals surface area contributed by atoms with Gasteiger partial charge in [-0.3, -0.25) is 0 Å². The Hall–Kier alpha value is -2.33. The lowest BCUT2D eigenvalue weighted by Gasteiger charge is -2.49. The third-order valence-electron chi connectivity index (χ3n) is 8.51. The zero-order chi connectivity index (χ0) is 28.9. The summed E-state index contributed by atoms with van der Waals surface area (Å²) >= 11 is 0. The molecule has 39 heavy (non-hydrogen) atoms. The lowest BCUT2D eigenvalue weighted by Crippen LogP contribution is -2.58. The van der Waals surface area contributed by atoms with Crippen LogP contribution in [0.1, 0.15) is 61.3 Å². The van der Waals surface area contributed by atoms with Gasteiger partial charge in [-0.05, 0) is 53.7 Å². The van der Waals surface area contributed by atoms with E-state index in [4.69, 9.17) is 18.9 Å². The number of benzene rings is 1. The van der Waals surface area contributed by atoms with Crippen molar-refractivity contribution in [2.24, 2.45) is 39.7 Å². The summed E-state index contributed by atoms with van der Waals surface area (Å²) in [5.41, 5.74) is 9.35. The van der Waals surface area contributed by atoms with Crippen molar-refractivity contribution in [3.05, 3.63) is 40.8 Å². The second-order valence-electron chi connectivity index (χ2n) is 10.9. The van der Waals surface area contributed by atoms with Crippen LogP contribution in [0, 0.1) is 29.6 Å². The van der Waals surface area contributed by atoms with Gasteiger partial charge in [0.2, 0.25) is 6.29 Å². The molecule has 2 heterocycles. The van der Waals surface area contributed by atoms with Gasteiger partial charge in [0.15, 0.2) is 6.29 Å². The number of aliphatic imine (C=N–C) groups is 1.